The minimum atomic E-state index is -2.58. The quantitative estimate of drug-likeness (QED) is 0.587. The van der Waals surface area contributed by atoms with Crippen LogP contribution in [0.2, 0.25) is 0 Å². The summed E-state index contributed by atoms with van der Waals surface area (Å²) in [5, 5.41) is 4.42. The van der Waals surface area contributed by atoms with Crippen molar-refractivity contribution in [3.63, 3.8) is 0 Å². The third kappa shape index (κ3) is 1.82. The number of alkyl halides is 2. The SMILES string of the molecule is CC(C)n1nc(I)cc1[C@@H]1C2=CC(F)(F)C[C@H]21. The van der Waals surface area contributed by atoms with E-state index < -0.39 is 5.92 Å². The van der Waals surface area contributed by atoms with Gasteiger partial charge in [0, 0.05) is 24.1 Å². The summed E-state index contributed by atoms with van der Waals surface area (Å²) >= 11 is 2.17. The summed E-state index contributed by atoms with van der Waals surface area (Å²) in [6.45, 7) is 4.13. The van der Waals surface area contributed by atoms with Gasteiger partial charge in [-0.25, -0.2) is 8.78 Å². The zero-order chi connectivity index (χ0) is 12.4. The summed E-state index contributed by atoms with van der Waals surface area (Å²) in [6.07, 6.45) is 1.14. The lowest BCUT2D eigenvalue weighted by molar-refractivity contribution is 0.0462. The van der Waals surface area contributed by atoms with Crippen LogP contribution in [0.15, 0.2) is 17.7 Å². The van der Waals surface area contributed by atoms with Crippen molar-refractivity contribution in [3.05, 3.63) is 27.1 Å². The van der Waals surface area contributed by atoms with Crippen molar-refractivity contribution in [2.75, 3.05) is 0 Å². The zero-order valence-corrected chi connectivity index (χ0v) is 11.8. The molecule has 0 radical (unpaired) electrons. The maximum absolute atomic E-state index is 13.1. The van der Waals surface area contributed by atoms with Crippen LogP contribution in [0.25, 0.3) is 0 Å². The molecule has 0 aromatic carbocycles. The Morgan fingerprint density at radius 1 is 1.53 bits per heavy atom. The Morgan fingerprint density at radius 2 is 2.24 bits per heavy atom. The number of aromatic nitrogens is 2. The molecule has 1 fully saturated rings. The first-order chi connectivity index (χ1) is 7.89. The van der Waals surface area contributed by atoms with Gasteiger partial charge in [0.2, 0.25) is 0 Å². The fraction of sp³-hybridized carbons (Fsp3) is 0.583. The average Bonchev–Trinajstić information content (AvgIpc) is 2.57. The van der Waals surface area contributed by atoms with E-state index in [9.17, 15) is 8.78 Å². The largest absolute Gasteiger partial charge is 0.267 e. The van der Waals surface area contributed by atoms with Crippen LogP contribution in [-0.4, -0.2) is 15.7 Å². The third-order valence-corrected chi connectivity index (χ3v) is 4.02. The second-order valence-corrected chi connectivity index (χ2v) is 6.23. The molecule has 0 saturated heterocycles. The minimum Gasteiger partial charge on any atom is -0.265 e. The van der Waals surface area contributed by atoms with Crippen molar-refractivity contribution in [3.8, 4) is 0 Å². The lowest BCUT2D eigenvalue weighted by atomic mass is 10.1. The van der Waals surface area contributed by atoms with E-state index in [-0.39, 0.29) is 24.3 Å². The standard InChI is InChI=1S/C12H13F2IN2/c1-6(2)17-9(3-10(15)16-17)11-7-4-12(13,14)5-8(7)11/h3-4,6,8,11H,5H2,1-2H3/t8-,11-/m1/s1. The van der Waals surface area contributed by atoms with E-state index in [0.717, 1.165) is 21.0 Å². The van der Waals surface area contributed by atoms with Crippen molar-refractivity contribution in [2.24, 2.45) is 5.92 Å². The lowest BCUT2D eigenvalue weighted by Gasteiger charge is -2.13. The Kier molecular flexibility index (Phi) is 2.41. The first-order valence-corrected chi connectivity index (χ1v) is 6.82. The smallest absolute Gasteiger partial charge is 0.265 e. The molecule has 0 N–H and O–H groups in total. The van der Waals surface area contributed by atoms with E-state index in [4.69, 9.17) is 0 Å². The first kappa shape index (κ1) is 11.6. The number of rotatable bonds is 2. The molecule has 0 aliphatic heterocycles. The molecule has 0 unspecified atom stereocenters. The first-order valence-electron chi connectivity index (χ1n) is 5.74. The minimum absolute atomic E-state index is 0.0210. The molecule has 92 valence electrons. The highest BCUT2D eigenvalue weighted by atomic mass is 127. The van der Waals surface area contributed by atoms with Crippen molar-refractivity contribution >= 4 is 22.6 Å². The van der Waals surface area contributed by atoms with Gasteiger partial charge in [0.25, 0.3) is 5.92 Å². The topological polar surface area (TPSA) is 17.8 Å². The van der Waals surface area contributed by atoms with E-state index in [2.05, 4.69) is 41.5 Å². The molecule has 0 bridgehead atoms. The van der Waals surface area contributed by atoms with Gasteiger partial charge in [-0.1, -0.05) is 5.57 Å². The second-order valence-electron chi connectivity index (χ2n) is 5.12. The van der Waals surface area contributed by atoms with Crippen molar-refractivity contribution in [2.45, 2.75) is 38.2 Å². The Morgan fingerprint density at radius 3 is 2.76 bits per heavy atom. The van der Waals surface area contributed by atoms with Gasteiger partial charge >= 0.3 is 0 Å². The molecular weight excluding hydrogens is 337 g/mol. The van der Waals surface area contributed by atoms with Gasteiger partial charge in [-0.2, -0.15) is 5.10 Å². The van der Waals surface area contributed by atoms with Crippen LogP contribution in [0.4, 0.5) is 8.78 Å². The molecule has 1 aromatic rings. The Balaban J connectivity index is 1.94. The van der Waals surface area contributed by atoms with E-state index in [1.807, 2.05) is 10.7 Å². The summed E-state index contributed by atoms with van der Waals surface area (Å²) in [5.74, 6) is -2.34. The van der Waals surface area contributed by atoms with Gasteiger partial charge in [-0.05, 0) is 54.5 Å². The third-order valence-electron chi connectivity index (χ3n) is 3.49. The molecule has 2 nitrogen and oxygen atoms in total. The number of fused-ring (bicyclic) bond motifs is 1. The number of nitrogens with zero attached hydrogens (tertiary/aromatic N) is 2. The second kappa shape index (κ2) is 3.52. The van der Waals surface area contributed by atoms with Crippen molar-refractivity contribution in [1.82, 2.24) is 9.78 Å². The van der Waals surface area contributed by atoms with Crippen LogP contribution in [0.1, 0.15) is 37.9 Å². The fourth-order valence-electron chi connectivity index (χ4n) is 2.77. The average molecular weight is 350 g/mol. The summed E-state index contributed by atoms with van der Waals surface area (Å²) < 4.78 is 29.1. The molecule has 17 heavy (non-hydrogen) atoms. The number of hydrogen-bond acceptors (Lipinski definition) is 1. The highest BCUT2D eigenvalue weighted by Gasteiger charge is 2.57. The molecule has 3 rings (SSSR count). The van der Waals surface area contributed by atoms with Crippen LogP contribution >= 0.6 is 22.6 Å². The molecule has 0 spiro atoms. The van der Waals surface area contributed by atoms with Crippen LogP contribution in [-0.2, 0) is 0 Å². The van der Waals surface area contributed by atoms with Crippen LogP contribution < -0.4 is 0 Å². The van der Waals surface area contributed by atoms with Gasteiger partial charge in [0.05, 0.1) is 0 Å². The monoisotopic (exact) mass is 350 g/mol. The summed E-state index contributed by atoms with van der Waals surface area (Å²) in [4.78, 5) is 0. The van der Waals surface area contributed by atoms with E-state index in [1.54, 1.807) is 0 Å². The number of halogens is 3. The van der Waals surface area contributed by atoms with Gasteiger partial charge in [0.15, 0.2) is 0 Å². The van der Waals surface area contributed by atoms with Crippen LogP contribution in [0, 0.1) is 9.62 Å². The van der Waals surface area contributed by atoms with Gasteiger partial charge in [-0.3, -0.25) is 4.68 Å². The van der Waals surface area contributed by atoms with Gasteiger partial charge < -0.3 is 0 Å². The van der Waals surface area contributed by atoms with Crippen LogP contribution in [0.3, 0.4) is 0 Å². The predicted octanol–water partition coefficient (Wildman–Crippen LogP) is 3.75. The fourth-order valence-corrected chi connectivity index (χ4v) is 3.32. The molecule has 0 amide bonds. The summed E-state index contributed by atoms with van der Waals surface area (Å²) in [6, 6.07) is 2.29. The highest BCUT2D eigenvalue weighted by Crippen LogP contribution is 2.63. The molecule has 5 heteroatoms. The number of allylic oxidation sites excluding steroid dienone is 2. The summed E-state index contributed by atoms with van der Waals surface area (Å²) in [7, 11) is 0. The normalized spacial score (nSPS) is 29.4. The van der Waals surface area contributed by atoms with Gasteiger partial charge in [0.1, 0.15) is 3.70 Å². The van der Waals surface area contributed by atoms with Crippen molar-refractivity contribution < 1.29 is 8.78 Å². The van der Waals surface area contributed by atoms with E-state index in [0.29, 0.717) is 0 Å². The molecule has 2 aliphatic carbocycles. The molecule has 2 atom stereocenters. The maximum Gasteiger partial charge on any atom is 0.267 e. The Hall–Kier alpha value is -0.460. The van der Waals surface area contributed by atoms with E-state index in [1.165, 1.54) is 0 Å². The lowest BCUT2D eigenvalue weighted by Crippen LogP contribution is -2.13. The maximum atomic E-state index is 13.1. The van der Waals surface area contributed by atoms with Crippen molar-refractivity contribution in [1.29, 1.82) is 0 Å². The zero-order valence-electron chi connectivity index (χ0n) is 9.62. The van der Waals surface area contributed by atoms with E-state index >= 15 is 0 Å². The highest BCUT2D eigenvalue weighted by molar-refractivity contribution is 14.1. The Bertz CT molecular complexity index is 505. The van der Waals surface area contributed by atoms with Gasteiger partial charge in [-0.15, -0.1) is 0 Å². The Labute approximate surface area is 112 Å². The number of hydrogen-bond donors (Lipinski definition) is 0. The molecule has 1 saturated carbocycles. The molecular formula is C12H13F2IN2. The molecule has 2 aliphatic rings. The van der Waals surface area contributed by atoms with Crippen LogP contribution in [0.5, 0.6) is 0 Å². The predicted molar refractivity (Wildman–Crippen MR) is 69.2 cm³/mol. The summed E-state index contributed by atoms with van der Waals surface area (Å²) in [5.41, 5.74) is 2.00. The molecule has 1 aromatic heterocycles. The molecule has 1 heterocycles.